The number of aromatic hydroxyl groups is 1. The molecule has 0 amide bonds. The fourth-order valence-corrected chi connectivity index (χ4v) is 2.62. The number of carbonyl (C=O) groups is 1. The minimum absolute atomic E-state index is 0.0423. The molecular weight excluding hydrogens is 282 g/mol. The molecule has 0 fully saturated rings. The Morgan fingerprint density at radius 2 is 2.00 bits per heavy atom. The van der Waals surface area contributed by atoms with E-state index in [1.54, 1.807) is 12.1 Å². The highest BCUT2D eigenvalue weighted by Gasteiger charge is 2.27. The Labute approximate surface area is 128 Å². The third-order valence-electron chi connectivity index (χ3n) is 3.81. The van der Waals surface area contributed by atoms with Crippen LogP contribution in [0.25, 0.3) is 0 Å². The molecule has 22 heavy (non-hydrogen) atoms. The van der Waals surface area contributed by atoms with Gasteiger partial charge in [0, 0.05) is 18.5 Å². The van der Waals surface area contributed by atoms with Gasteiger partial charge in [-0.3, -0.25) is 4.79 Å². The van der Waals surface area contributed by atoms with Gasteiger partial charge in [0.15, 0.2) is 11.5 Å². The normalized spacial score (nSPS) is 16.8. The summed E-state index contributed by atoms with van der Waals surface area (Å²) in [5.41, 5.74) is 2.71. The second-order valence-electron chi connectivity index (χ2n) is 5.30. The van der Waals surface area contributed by atoms with Gasteiger partial charge in [-0.05, 0) is 17.2 Å². The van der Waals surface area contributed by atoms with Crippen molar-refractivity contribution in [1.82, 2.24) is 5.32 Å². The summed E-state index contributed by atoms with van der Waals surface area (Å²) in [6.07, 6.45) is 0.295. The molecule has 3 rings (SSSR count). The first-order valence-electron chi connectivity index (χ1n) is 7.12. The lowest BCUT2D eigenvalue weighted by atomic mass is 9.94. The highest BCUT2D eigenvalue weighted by Crippen LogP contribution is 2.36. The molecule has 3 N–H and O–H groups in total. The maximum absolute atomic E-state index is 11.2. The minimum Gasteiger partial charge on any atom is -0.504 e. The van der Waals surface area contributed by atoms with Crippen molar-refractivity contribution in [2.45, 2.75) is 25.6 Å². The molecule has 0 saturated carbocycles. The standard InChI is InChI=1S/C17H17NO4/c19-15-7-6-12-9-18-14(17(20)21)8-13(12)16(15)22-10-11-4-2-1-3-5-11/h1-7,14,18-19H,8-10H2,(H,20,21)/t14-/m0/s1. The predicted molar refractivity (Wildman–Crippen MR) is 80.8 cm³/mol. The summed E-state index contributed by atoms with van der Waals surface area (Å²) in [6.45, 7) is 0.782. The number of phenols is 1. The zero-order chi connectivity index (χ0) is 15.5. The van der Waals surface area contributed by atoms with Gasteiger partial charge in [0.1, 0.15) is 12.6 Å². The molecule has 2 aromatic rings. The average Bonchev–Trinajstić information content (AvgIpc) is 2.54. The molecule has 0 spiro atoms. The van der Waals surface area contributed by atoms with Crippen molar-refractivity contribution in [2.75, 3.05) is 0 Å². The first-order chi connectivity index (χ1) is 10.6. The summed E-state index contributed by atoms with van der Waals surface area (Å²) in [5.74, 6) is -0.474. The minimum atomic E-state index is -0.900. The molecule has 0 aromatic heterocycles. The summed E-state index contributed by atoms with van der Waals surface area (Å²) in [6, 6.07) is 12.4. The van der Waals surface area contributed by atoms with Crippen LogP contribution in [-0.4, -0.2) is 22.2 Å². The van der Waals surface area contributed by atoms with Gasteiger partial charge in [0.25, 0.3) is 0 Å². The van der Waals surface area contributed by atoms with E-state index >= 15 is 0 Å². The lowest BCUT2D eigenvalue weighted by Gasteiger charge is -2.25. The molecule has 5 nitrogen and oxygen atoms in total. The quantitative estimate of drug-likeness (QED) is 0.805. The fraction of sp³-hybridized carbons (Fsp3) is 0.235. The SMILES string of the molecule is O=C(O)[C@@H]1Cc2c(ccc(O)c2OCc2ccccc2)CN1. The molecule has 0 saturated heterocycles. The van der Waals surface area contributed by atoms with Crippen molar-refractivity contribution < 1.29 is 19.7 Å². The Bertz CT molecular complexity index is 685. The van der Waals surface area contributed by atoms with Crippen molar-refractivity contribution in [1.29, 1.82) is 0 Å². The fourth-order valence-electron chi connectivity index (χ4n) is 2.62. The van der Waals surface area contributed by atoms with Gasteiger partial charge in [0.2, 0.25) is 0 Å². The molecule has 1 aliphatic rings. The van der Waals surface area contributed by atoms with Crippen molar-refractivity contribution in [3.63, 3.8) is 0 Å². The number of benzene rings is 2. The molecule has 114 valence electrons. The number of rotatable bonds is 4. The summed E-state index contributed by atoms with van der Waals surface area (Å²) in [7, 11) is 0. The summed E-state index contributed by atoms with van der Waals surface area (Å²) in [5, 5.41) is 22.2. The first kappa shape index (κ1) is 14.4. The van der Waals surface area contributed by atoms with E-state index < -0.39 is 12.0 Å². The van der Waals surface area contributed by atoms with Crippen LogP contribution in [0.4, 0.5) is 0 Å². The van der Waals surface area contributed by atoms with E-state index in [1.165, 1.54) is 0 Å². The number of carboxylic acid groups (broad SMARTS) is 1. The van der Waals surface area contributed by atoms with Crippen LogP contribution in [0.1, 0.15) is 16.7 Å². The molecule has 0 bridgehead atoms. The zero-order valence-corrected chi connectivity index (χ0v) is 12.0. The number of hydrogen-bond donors (Lipinski definition) is 3. The topological polar surface area (TPSA) is 78.8 Å². The number of nitrogens with one attached hydrogen (secondary N) is 1. The smallest absolute Gasteiger partial charge is 0.321 e. The van der Waals surface area contributed by atoms with E-state index in [2.05, 4.69) is 5.32 Å². The molecular formula is C17H17NO4. The predicted octanol–water partition coefficient (Wildman–Crippen LogP) is 2.07. The summed E-state index contributed by atoms with van der Waals surface area (Å²) in [4.78, 5) is 11.2. The van der Waals surface area contributed by atoms with E-state index in [9.17, 15) is 9.90 Å². The molecule has 1 atom stereocenters. The van der Waals surface area contributed by atoms with Crippen LogP contribution in [-0.2, 0) is 24.4 Å². The number of aliphatic carboxylic acids is 1. The lowest BCUT2D eigenvalue weighted by molar-refractivity contribution is -0.139. The van der Waals surface area contributed by atoms with Gasteiger partial charge >= 0.3 is 5.97 Å². The molecule has 2 aromatic carbocycles. The van der Waals surface area contributed by atoms with Crippen LogP contribution in [0.5, 0.6) is 11.5 Å². The molecule has 5 heteroatoms. The van der Waals surface area contributed by atoms with Crippen molar-refractivity contribution in [2.24, 2.45) is 0 Å². The highest BCUT2D eigenvalue weighted by atomic mass is 16.5. The monoisotopic (exact) mass is 299 g/mol. The van der Waals surface area contributed by atoms with Crippen molar-refractivity contribution in [3.05, 3.63) is 59.2 Å². The second-order valence-corrected chi connectivity index (χ2v) is 5.30. The van der Waals surface area contributed by atoms with Gasteiger partial charge < -0.3 is 20.3 Å². The van der Waals surface area contributed by atoms with Crippen LogP contribution in [0.2, 0.25) is 0 Å². The van der Waals surface area contributed by atoms with Gasteiger partial charge in [-0.1, -0.05) is 36.4 Å². The van der Waals surface area contributed by atoms with Crippen molar-refractivity contribution >= 4 is 5.97 Å². The Hall–Kier alpha value is -2.53. The maximum atomic E-state index is 11.2. The Kier molecular flexibility index (Phi) is 3.98. The summed E-state index contributed by atoms with van der Waals surface area (Å²) < 4.78 is 5.78. The number of fused-ring (bicyclic) bond motifs is 1. The molecule has 0 unspecified atom stereocenters. The largest absolute Gasteiger partial charge is 0.504 e. The number of phenolic OH excluding ortho intramolecular Hbond substituents is 1. The highest BCUT2D eigenvalue weighted by molar-refractivity contribution is 5.75. The van der Waals surface area contributed by atoms with Crippen LogP contribution in [0.3, 0.4) is 0 Å². The number of carboxylic acids is 1. The molecule has 1 aliphatic heterocycles. The Morgan fingerprint density at radius 1 is 1.23 bits per heavy atom. The third-order valence-corrected chi connectivity index (χ3v) is 3.81. The van der Waals surface area contributed by atoms with Gasteiger partial charge in [0.05, 0.1) is 0 Å². The van der Waals surface area contributed by atoms with Gasteiger partial charge in [-0.15, -0.1) is 0 Å². The Morgan fingerprint density at radius 3 is 2.73 bits per heavy atom. The third kappa shape index (κ3) is 2.89. The van der Waals surface area contributed by atoms with Crippen LogP contribution < -0.4 is 10.1 Å². The van der Waals surface area contributed by atoms with E-state index in [0.717, 1.165) is 16.7 Å². The van der Waals surface area contributed by atoms with Gasteiger partial charge in [-0.25, -0.2) is 0 Å². The van der Waals surface area contributed by atoms with Crippen LogP contribution in [0, 0.1) is 0 Å². The first-order valence-corrected chi connectivity index (χ1v) is 7.12. The van der Waals surface area contributed by atoms with Gasteiger partial charge in [-0.2, -0.15) is 0 Å². The van der Waals surface area contributed by atoms with E-state index in [4.69, 9.17) is 9.84 Å². The lowest BCUT2D eigenvalue weighted by Crippen LogP contribution is -2.41. The van der Waals surface area contributed by atoms with Crippen LogP contribution in [0.15, 0.2) is 42.5 Å². The maximum Gasteiger partial charge on any atom is 0.321 e. The zero-order valence-electron chi connectivity index (χ0n) is 12.0. The van der Waals surface area contributed by atoms with Crippen molar-refractivity contribution in [3.8, 4) is 11.5 Å². The molecule has 0 aliphatic carbocycles. The number of hydrogen-bond acceptors (Lipinski definition) is 4. The van der Waals surface area contributed by atoms with E-state index in [1.807, 2.05) is 30.3 Å². The number of ether oxygens (including phenoxy) is 1. The Balaban J connectivity index is 1.86. The van der Waals surface area contributed by atoms with E-state index in [0.29, 0.717) is 25.3 Å². The average molecular weight is 299 g/mol. The second kappa shape index (κ2) is 6.07. The van der Waals surface area contributed by atoms with E-state index in [-0.39, 0.29) is 5.75 Å². The molecule has 0 radical (unpaired) electrons. The van der Waals surface area contributed by atoms with Crippen LogP contribution >= 0.6 is 0 Å². The molecule has 1 heterocycles. The summed E-state index contributed by atoms with van der Waals surface area (Å²) >= 11 is 0.